The van der Waals surface area contributed by atoms with Crippen LogP contribution in [0.5, 0.6) is 0 Å². The number of aliphatic hydroxyl groups excluding tert-OH is 3. The fourth-order valence-electron chi connectivity index (χ4n) is 1.47. The Morgan fingerprint density at radius 3 is 2.11 bits per heavy atom. The van der Waals surface area contributed by atoms with E-state index in [-0.39, 0.29) is 13.2 Å². The van der Waals surface area contributed by atoms with Gasteiger partial charge in [-0.2, -0.15) is 8.42 Å². The van der Waals surface area contributed by atoms with E-state index >= 15 is 0 Å². The van der Waals surface area contributed by atoms with Gasteiger partial charge in [0.2, 0.25) is 0 Å². The second-order valence-electron chi connectivity index (χ2n) is 4.67. The van der Waals surface area contributed by atoms with Gasteiger partial charge in [-0.3, -0.25) is 9.45 Å². The number of hydrogen-bond donors (Lipinski definition) is 4. The van der Waals surface area contributed by atoms with Gasteiger partial charge in [0, 0.05) is 13.1 Å². The third-order valence-corrected chi connectivity index (χ3v) is 3.24. The molecule has 0 aromatic heterocycles. The summed E-state index contributed by atoms with van der Waals surface area (Å²) < 4.78 is 29.8. The molecule has 2 atom stereocenters. The predicted molar refractivity (Wildman–Crippen MR) is 66.5 cm³/mol. The summed E-state index contributed by atoms with van der Waals surface area (Å²) in [7, 11) is -4.35. The van der Waals surface area contributed by atoms with Gasteiger partial charge in [-0.15, -0.1) is 0 Å². The third kappa shape index (κ3) is 7.96. The standard InChI is InChI=1S/C10H23NO6S/c1-8(2)3-4-11(5-6-12)10(14)9(13)7-18(15,16)17/h8-10,12-14H,3-7H2,1-2H3,(H,15,16,17). The van der Waals surface area contributed by atoms with Crippen LogP contribution < -0.4 is 0 Å². The van der Waals surface area contributed by atoms with Gasteiger partial charge in [0.1, 0.15) is 18.1 Å². The zero-order valence-electron chi connectivity index (χ0n) is 10.7. The Labute approximate surface area is 108 Å². The van der Waals surface area contributed by atoms with Crippen molar-refractivity contribution in [2.45, 2.75) is 32.6 Å². The van der Waals surface area contributed by atoms with Crippen molar-refractivity contribution in [1.29, 1.82) is 0 Å². The normalized spacial score (nSPS) is 16.2. The molecule has 7 nitrogen and oxygen atoms in total. The van der Waals surface area contributed by atoms with Crippen LogP contribution in [0.25, 0.3) is 0 Å². The van der Waals surface area contributed by atoms with Crippen molar-refractivity contribution in [2.75, 3.05) is 25.4 Å². The van der Waals surface area contributed by atoms with Gasteiger partial charge in [0.05, 0.1) is 6.61 Å². The van der Waals surface area contributed by atoms with E-state index in [1.54, 1.807) is 0 Å². The lowest BCUT2D eigenvalue weighted by atomic mass is 10.1. The SMILES string of the molecule is CC(C)CCN(CCO)C(O)C(O)CS(=O)(=O)O. The van der Waals surface area contributed by atoms with E-state index in [2.05, 4.69) is 0 Å². The Morgan fingerprint density at radius 1 is 1.17 bits per heavy atom. The highest BCUT2D eigenvalue weighted by molar-refractivity contribution is 7.85. The van der Waals surface area contributed by atoms with Crippen molar-refractivity contribution in [1.82, 2.24) is 4.90 Å². The summed E-state index contributed by atoms with van der Waals surface area (Å²) in [6.07, 6.45) is -2.31. The molecule has 0 rings (SSSR count). The average Bonchev–Trinajstić information content (AvgIpc) is 2.20. The maximum absolute atomic E-state index is 10.6. The van der Waals surface area contributed by atoms with Crippen molar-refractivity contribution in [3.63, 3.8) is 0 Å². The zero-order valence-corrected chi connectivity index (χ0v) is 11.5. The lowest BCUT2D eigenvalue weighted by molar-refractivity contribution is -0.0801. The Balaban J connectivity index is 4.48. The van der Waals surface area contributed by atoms with Crippen LogP contribution in [0.3, 0.4) is 0 Å². The number of hydrogen-bond acceptors (Lipinski definition) is 6. The second-order valence-corrected chi connectivity index (χ2v) is 6.17. The first-order chi connectivity index (χ1) is 8.17. The van der Waals surface area contributed by atoms with Crippen molar-refractivity contribution in [2.24, 2.45) is 5.92 Å². The number of rotatable bonds is 9. The van der Waals surface area contributed by atoms with Crippen LogP contribution in [0.2, 0.25) is 0 Å². The van der Waals surface area contributed by atoms with E-state index in [0.29, 0.717) is 12.5 Å². The monoisotopic (exact) mass is 285 g/mol. The predicted octanol–water partition coefficient (Wildman–Crippen LogP) is -1.11. The summed E-state index contributed by atoms with van der Waals surface area (Å²) in [5, 5.41) is 28.1. The lowest BCUT2D eigenvalue weighted by Crippen LogP contribution is -2.48. The van der Waals surface area contributed by atoms with Gasteiger partial charge in [-0.1, -0.05) is 13.8 Å². The first-order valence-electron chi connectivity index (χ1n) is 5.83. The maximum Gasteiger partial charge on any atom is 0.267 e. The van der Waals surface area contributed by atoms with Gasteiger partial charge >= 0.3 is 0 Å². The molecule has 0 aliphatic heterocycles. The van der Waals surface area contributed by atoms with E-state index < -0.39 is 28.2 Å². The summed E-state index contributed by atoms with van der Waals surface area (Å²) in [6, 6.07) is 0. The zero-order chi connectivity index (χ0) is 14.3. The van der Waals surface area contributed by atoms with Crippen LogP contribution in [0.1, 0.15) is 20.3 Å². The van der Waals surface area contributed by atoms with Crippen molar-refractivity contribution >= 4 is 10.1 Å². The smallest absolute Gasteiger partial charge is 0.267 e. The number of aliphatic hydroxyl groups is 3. The summed E-state index contributed by atoms with van der Waals surface area (Å²) in [4.78, 5) is 1.38. The van der Waals surface area contributed by atoms with Gasteiger partial charge < -0.3 is 15.3 Å². The highest BCUT2D eigenvalue weighted by Gasteiger charge is 2.27. The first kappa shape index (κ1) is 17.8. The summed E-state index contributed by atoms with van der Waals surface area (Å²) in [5.41, 5.74) is 0. The molecular weight excluding hydrogens is 262 g/mol. The molecule has 0 aromatic carbocycles. The molecule has 0 aliphatic carbocycles. The minimum atomic E-state index is -4.35. The minimum Gasteiger partial charge on any atom is -0.395 e. The van der Waals surface area contributed by atoms with Crippen LogP contribution in [-0.2, 0) is 10.1 Å². The van der Waals surface area contributed by atoms with E-state index in [4.69, 9.17) is 9.66 Å². The van der Waals surface area contributed by atoms with Gasteiger partial charge in [0.15, 0.2) is 0 Å². The summed E-state index contributed by atoms with van der Waals surface area (Å²) in [5.74, 6) is -0.560. The molecule has 4 N–H and O–H groups in total. The average molecular weight is 285 g/mol. The van der Waals surface area contributed by atoms with E-state index in [1.807, 2.05) is 13.8 Å². The molecule has 0 spiro atoms. The molecule has 0 amide bonds. The lowest BCUT2D eigenvalue weighted by Gasteiger charge is -2.30. The van der Waals surface area contributed by atoms with Gasteiger partial charge in [0.25, 0.3) is 10.1 Å². The quantitative estimate of drug-likeness (QED) is 0.313. The molecular formula is C10H23NO6S. The summed E-state index contributed by atoms with van der Waals surface area (Å²) >= 11 is 0. The highest BCUT2D eigenvalue weighted by atomic mass is 32.2. The largest absolute Gasteiger partial charge is 0.395 e. The van der Waals surface area contributed by atoms with Crippen LogP contribution in [-0.4, -0.2) is 71.0 Å². The Hall–Kier alpha value is -0.250. The van der Waals surface area contributed by atoms with Crippen LogP contribution in [0.4, 0.5) is 0 Å². The molecule has 0 aliphatic rings. The fourth-order valence-corrected chi connectivity index (χ4v) is 2.08. The molecule has 2 unspecified atom stereocenters. The van der Waals surface area contributed by atoms with Crippen molar-refractivity contribution < 1.29 is 28.3 Å². The Morgan fingerprint density at radius 2 is 1.72 bits per heavy atom. The molecule has 0 radical (unpaired) electrons. The molecule has 0 saturated heterocycles. The molecule has 0 bridgehead atoms. The first-order valence-corrected chi connectivity index (χ1v) is 7.44. The highest BCUT2D eigenvalue weighted by Crippen LogP contribution is 2.08. The fraction of sp³-hybridized carbons (Fsp3) is 1.00. The molecule has 0 aromatic rings. The number of nitrogens with zero attached hydrogens (tertiary/aromatic N) is 1. The van der Waals surface area contributed by atoms with Crippen LogP contribution in [0.15, 0.2) is 0 Å². The minimum absolute atomic E-state index is 0.121. The van der Waals surface area contributed by atoms with Crippen LogP contribution >= 0.6 is 0 Å². The van der Waals surface area contributed by atoms with E-state index in [1.165, 1.54) is 4.90 Å². The molecule has 18 heavy (non-hydrogen) atoms. The van der Waals surface area contributed by atoms with Crippen molar-refractivity contribution in [3.05, 3.63) is 0 Å². The molecule has 8 heteroatoms. The third-order valence-electron chi connectivity index (χ3n) is 2.48. The molecule has 0 saturated carbocycles. The molecule has 0 heterocycles. The van der Waals surface area contributed by atoms with Crippen molar-refractivity contribution in [3.8, 4) is 0 Å². The van der Waals surface area contributed by atoms with Gasteiger partial charge in [-0.25, -0.2) is 0 Å². The van der Waals surface area contributed by atoms with E-state index in [9.17, 15) is 18.6 Å². The Kier molecular flexibility index (Phi) is 7.92. The molecule has 110 valence electrons. The molecule has 0 fully saturated rings. The van der Waals surface area contributed by atoms with Gasteiger partial charge in [-0.05, 0) is 12.3 Å². The Bertz CT molecular complexity index is 318. The second kappa shape index (κ2) is 8.03. The van der Waals surface area contributed by atoms with Crippen LogP contribution in [0, 0.1) is 5.92 Å². The van der Waals surface area contributed by atoms with E-state index in [0.717, 1.165) is 6.42 Å². The maximum atomic E-state index is 10.6. The topological polar surface area (TPSA) is 118 Å². The summed E-state index contributed by atoms with van der Waals surface area (Å²) in [6.45, 7) is 4.29.